The topological polar surface area (TPSA) is 532 Å². The number of hydrogen-bond donors (Lipinski definition) is 10. The Morgan fingerprint density at radius 3 is 0.930 bits per heavy atom. The molecule has 4 saturated heterocycles. The quantitative estimate of drug-likeness (QED) is 0.00528. The van der Waals surface area contributed by atoms with Gasteiger partial charge in [0.05, 0.1) is 125 Å². The van der Waals surface area contributed by atoms with Crippen molar-refractivity contribution in [3.05, 3.63) is 103 Å². The summed E-state index contributed by atoms with van der Waals surface area (Å²) in [6.07, 6.45) is 31.2. The largest absolute Gasteiger partial charge is 0.481 e. The van der Waals surface area contributed by atoms with Crippen LogP contribution in [0.25, 0.3) is 0 Å². The maximum absolute atomic E-state index is 12.3. The number of nitrogens with one attached hydrogen (secondary N) is 4. The van der Waals surface area contributed by atoms with E-state index in [0.29, 0.717) is 174 Å². The number of carbonyl (C=O) groups is 13. The number of ketones is 3. The second kappa shape index (κ2) is 69.8. The van der Waals surface area contributed by atoms with Gasteiger partial charge in [-0.15, -0.1) is 0 Å². The highest BCUT2D eigenvalue weighted by Gasteiger charge is 2.50. The molecule has 6 aliphatic carbocycles. The summed E-state index contributed by atoms with van der Waals surface area (Å²) in [5.74, 6) is -1.93. The summed E-state index contributed by atoms with van der Waals surface area (Å²) in [6, 6.07) is 30.6. The number of hydroxylamine groups is 1. The Bertz CT molecular complexity index is 4120. The van der Waals surface area contributed by atoms with E-state index in [1.165, 1.54) is 35.5 Å². The van der Waals surface area contributed by atoms with E-state index >= 15 is 0 Å². The van der Waals surface area contributed by atoms with Crippen molar-refractivity contribution in [2.75, 3.05) is 103 Å². The van der Waals surface area contributed by atoms with Crippen LogP contribution in [0.4, 0.5) is 4.70 Å². The number of benzene rings is 3. The fourth-order valence-electron chi connectivity index (χ4n) is 18.3. The normalized spacial score (nSPS) is 19.4. The predicted molar refractivity (Wildman–Crippen MR) is 542 cm³/mol. The van der Waals surface area contributed by atoms with Gasteiger partial charge in [0.2, 0.25) is 23.6 Å². The molecule has 6 saturated carbocycles. The molecule has 4 aliphatic heterocycles. The van der Waals surface area contributed by atoms with Crippen LogP contribution in [-0.2, 0) is 124 Å². The standard InChI is InChI=1S/C21H19O2P.C17H29NO5.C15H25NO4.C14H24N2O4.C11H19NO4.C11H16O4.C8H12O3.C6H12O2.2CH4O.FH.H3N.H2/c1-23-21(22)17-24(18-11-5-2-6-12-18,19-13-7-3-8-14-19)20-15-9-4-10-16-20;1-3-4-5-6-14(19)18-16(13-15(20)21-2)7-9-17(10-8-16)22-11-12-23-17;1-3-4-5-6-13(18)16-15(11-14(19)20-2)9-7-12(17)8-10-15;1-2-3-4-5-12(18)15-14(10-13(19)16-20)8-6-11(17)7-9-14;1-14-9(13)8-10(12)2-4-11(5-3-10)15-6-7-16-11;1-13-10(12)8-9-2-4-11(5-3-9)14-6-7-15-11;9-7-1-3-8(4-2-7)10-5-6-11-8;1-2-3-4-5-6(7)8;2*1-2;;;/h2-17H,1H3;3-13H2,1-2H3,(H,18,19);3-11H2,1-2H3,(H,16,18);20H,2-10H2,1H3,(H,15,18)(H,16,19);2-8,12H2,1H3;8H,2-7H2,1H3;1-6H2;2-5H2,1H3,(H,7,8);2*2H,1H3;1H;1H3;1H/i;;;;;;;;;;;;1+2. The number of esters is 5. The summed E-state index contributed by atoms with van der Waals surface area (Å²) in [5, 5.41) is 43.2. The summed E-state index contributed by atoms with van der Waals surface area (Å²) in [5.41, 5.74) is 6.64. The highest BCUT2D eigenvalue weighted by Crippen LogP contribution is 2.46. The number of carbonyl (C=O) groups excluding carboxylic acids is 12. The van der Waals surface area contributed by atoms with Crippen molar-refractivity contribution < 1.29 is 151 Å². The SMILES string of the molecule is CCCCCC(=O)NC1(CC(=O)NO)CCC(=O)CC1.CCCCCC(=O)NC1(CC(=O)OC)CCC(=O)CC1.CCCCCC(=O)NC1(CC(=O)OC)CCC2(CC1)OCCO2.CCCCCC(=O)O.CO.CO.COC(=O)C=C1CCC2(CC1)OCCO2.COC(=O)C=P(c1ccccc1)(c1ccccc1)c1ccccc1.COC(=O)CC1(N)CCC2(CC1)OCCO2.F.N.O=C1CCC2(CC1)OCCO2.[3HH]. The number of methoxy groups -OCH3 is 5. The average Bonchev–Trinajstić information content (AvgIpc) is 1.49. The fraction of sp³-hybridized carbons (Fsp3) is 0.676. The molecule has 10 fully saturated rings. The van der Waals surface area contributed by atoms with Crippen LogP contribution in [0.15, 0.2) is 103 Å². The van der Waals surface area contributed by atoms with Crippen LogP contribution in [0.5, 0.6) is 0 Å². The van der Waals surface area contributed by atoms with Crippen molar-refractivity contribution in [2.24, 2.45) is 5.73 Å². The van der Waals surface area contributed by atoms with Gasteiger partial charge in [-0.25, -0.2) is 15.1 Å². The molecule has 4 spiro atoms. The molecular weight excluding hydrogens is 1880 g/mol. The first-order chi connectivity index (χ1) is 67.7. The van der Waals surface area contributed by atoms with Crippen LogP contribution in [0, 0.1) is 0 Å². The van der Waals surface area contributed by atoms with Gasteiger partial charge in [0.15, 0.2) is 23.1 Å². The molecule has 0 radical (unpaired) electrons. The minimum absolute atomic E-state index is 0. The van der Waals surface area contributed by atoms with E-state index in [1.54, 1.807) is 17.4 Å². The Kier molecular flexibility index (Phi) is 63.4. The van der Waals surface area contributed by atoms with Crippen LogP contribution in [-0.4, -0.2) is 251 Å². The number of allylic oxidation sites excluding steroid dienone is 1. The molecule has 0 aromatic heterocycles. The third-order valence-corrected chi connectivity index (χ3v) is 30.4. The first kappa shape index (κ1) is 130. The molecule has 10 aliphatic rings. The number of halogens is 1. The Morgan fingerprint density at radius 1 is 0.364 bits per heavy atom. The van der Waals surface area contributed by atoms with Gasteiger partial charge in [-0.2, -0.15) is 0 Å². The van der Waals surface area contributed by atoms with E-state index in [4.69, 9.17) is 78.4 Å². The molecule has 4 amide bonds. The minimum Gasteiger partial charge on any atom is -0.481 e. The molecule has 36 nitrogen and oxygen atoms in total. The molecule has 812 valence electrons. The summed E-state index contributed by atoms with van der Waals surface area (Å²) in [6.45, 7) is 11.4. The molecule has 4 heterocycles. The highest BCUT2D eigenvalue weighted by molar-refractivity contribution is 7.95. The molecule has 3 aromatic carbocycles. The van der Waals surface area contributed by atoms with Crippen molar-refractivity contribution in [3.8, 4) is 0 Å². The van der Waals surface area contributed by atoms with E-state index in [0.717, 1.165) is 177 Å². The van der Waals surface area contributed by atoms with Crippen molar-refractivity contribution in [3.63, 3.8) is 0 Å². The maximum Gasteiger partial charge on any atom is 0.331 e. The predicted octanol–water partition coefficient (Wildman–Crippen LogP) is 13.1. The second-order valence-electron chi connectivity index (χ2n) is 36.8. The van der Waals surface area contributed by atoms with Gasteiger partial charge in [-0.05, 0) is 113 Å². The fourth-order valence-corrected chi connectivity index (χ4v) is 22.0. The smallest absolute Gasteiger partial charge is 0.331 e. The zero-order valence-electron chi connectivity index (χ0n) is 86.6. The third-order valence-electron chi connectivity index (χ3n) is 26.5. The Hall–Kier alpha value is -9.18. The number of ether oxygens (including phenoxy) is 13. The lowest BCUT2D eigenvalue weighted by atomic mass is 9.76. The molecule has 0 unspecified atom stereocenters. The number of unbranched alkanes of at least 4 members (excludes halogenated alkanes) is 8. The van der Waals surface area contributed by atoms with Crippen LogP contribution < -0.4 is 49.2 Å². The summed E-state index contributed by atoms with van der Waals surface area (Å²) >= 11 is 0. The molecule has 13 rings (SSSR count). The van der Waals surface area contributed by atoms with E-state index in [1.807, 2.05) is 54.6 Å². The van der Waals surface area contributed by atoms with Crippen molar-refractivity contribution in [1.82, 2.24) is 27.6 Å². The van der Waals surface area contributed by atoms with Gasteiger partial charge >= 0.3 is 35.8 Å². The van der Waals surface area contributed by atoms with Gasteiger partial charge in [-0.1, -0.05) is 176 Å². The number of hydrogen-bond acceptors (Lipinski definition) is 31. The summed E-state index contributed by atoms with van der Waals surface area (Å²) in [4.78, 5) is 149. The van der Waals surface area contributed by atoms with Gasteiger partial charge in [0, 0.05) is 154 Å². The van der Waals surface area contributed by atoms with Crippen LogP contribution in [0.2, 0.25) is 0 Å². The number of aliphatic hydroxyl groups excluding tert-OH is 2. The lowest BCUT2D eigenvalue weighted by Crippen LogP contribution is -2.55. The second-order valence-corrected chi connectivity index (χ2v) is 40.0. The number of aliphatic hydroxyl groups is 2. The molecule has 143 heavy (non-hydrogen) atoms. The zero-order chi connectivity index (χ0) is 104. The molecule has 0 atom stereocenters. The third kappa shape index (κ3) is 46.6. The van der Waals surface area contributed by atoms with E-state index in [-0.39, 0.29) is 109 Å². The van der Waals surface area contributed by atoms with Crippen molar-refractivity contribution >= 4 is 105 Å². The Labute approximate surface area is 846 Å². The van der Waals surface area contributed by atoms with Crippen LogP contribution in [0.1, 0.15) is 312 Å². The Balaban J connectivity index is 0.000000828. The number of carboxylic acid groups (broad SMARTS) is 1. The average molecular weight is 2050 g/mol. The molecule has 0 bridgehead atoms. The van der Waals surface area contributed by atoms with Gasteiger partial charge in [0.1, 0.15) is 17.3 Å². The monoisotopic (exact) mass is 2050 g/mol. The number of rotatable bonds is 32. The van der Waals surface area contributed by atoms with E-state index in [9.17, 15) is 62.3 Å². The highest BCUT2D eigenvalue weighted by atomic mass is 31.2. The first-order valence-corrected chi connectivity index (χ1v) is 52.0. The summed E-state index contributed by atoms with van der Waals surface area (Å²) in [7, 11) is 8.93. The number of nitrogens with two attached hydrogens (primary N) is 1. The van der Waals surface area contributed by atoms with Crippen molar-refractivity contribution in [2.45, 2.75) is 356 Å². The molecule has 13 N–H and O–H groups in total. The van der Waals surface area contributed by atoms with Crippen LogP contribution in [0.3, 0.4) is 0 Å². The van der Waals surface area contributed by atoms with E-state index in [2.05, 4.69) is 89.5 Å². The lowest BCUT2D eigenvalue weighted by molar-refractivity contribution is -0.188. The van der Waals surface area contributed by atoms with Gasteiger partial charge in [-0.3, -0.25) is 62.7 Å². The van der Waals surface area contributed by atoms with Gasteiger partial charge in [0.25, 0.3) is 0 Å². The number of amides is 4. The molecular formula is C105H170FN6O30P. The first-order valence-electron chi connectivity index (χ1n) is 50.1. The zero-order valence-corrected chi connectivity index (χ0v) is 87.5. The van der Waals surface area contributed by atoms with E-state index < -0.39 is 52.5 Å². The maximum atomic E-state index is 12.3. The molecule has 3 aromatic rings. The van der Waals surface area contributed by atoms with Gasteiger partial charge < -0.3 is 105 Å². The number of Topliss-reactive ketones (excluding diaryl/α,β-unsaturated/α-hetero) is 3. The minimum atomic E-state index is -2.23. The summed E-state index contributed by atoms with van der Waals surface area (Å²) < 4.78 is 68.6. The Morgan fingerprint density at radius 2 is 0.636 bits per heavy atom. The number of aliphatic carboxylic acids is 1. The lowest BCUT2D eigenvalue weighted by Gasteiger charge is -2.43. The number of carboxylic acids is 1. The molecule has 38 heteroatoms. The van der Waals surface area contributed by atoms with Crippen molar-refractivity contribution in [1.29, 1.82) is 0 Å². The van der Waals surface area contributed by atoms with Crippen LogP contribution >= 0.6 is 6.89 Å².